The van der Waals surface area contributed by atoms with Gasteiger partial charge in [0.2, 0.25) is 0 Å². The number of benzene rings is 2. The van der Waals surface area contributed by atoms with Gasteiger partial charge in [0.15, 0.2) is 0 Å². The Morgan fingerprint density at radius 3 is 2.60 bits per heavy atom. The van der Waals surface area contributed by atoms with Crippen molar-refractivity contribution in [1.29, 1.82) is 0 Å². The number of halogens is 4. The van der Waals surface area contributed by atoms with Crippen LogP contribution in [0.25, 0.3) is 15.8 Å². The Kier molecular flexibility index (Phi) is 6.55. The van der Waals surface area contributed by atoms with Gasteiger partial charge < -0.3 is 9.84 Å². The first-order valence-electron chi connectivity index (χ1n) is 10.7. The molecule has 1 aliphatic carbocycles. The molecule has 182 valence electrons. The summed E-state index contributed by atoms with van der Waals surface area (Å²) in [6, 6.07) is 6.54. The summed E-state index contributed by atoms with van der Waals surface area (Å²) in [6.45, 7) is 7.96. The molecule has 0 bridgehead atoms. The molecule has 1 heterocycles. The monoisotopic (exact) mass is 503 g/mol. The minimum atomic E-state index is -4.76. The Labute approximate surface area is 202 Å². The van der Waals surface area contributed by atoms with Gasteiger partial charge in [-0.1, -0.05) is 18.7 Å². The van der Waals surface area contributed by atoms with Gasteiger partial charge in [-0.05, 0) is 71.5 Å². The zero-order chi connectivity index (χ0) is 25.5. The third-order valence-corrected chi connectivity index (χ3v) is 6.81. The fraction of sp³-hybridized carbons (Fsp3) is 0.231. The van der Waals surface area contributed by atoms with Crippen molar-refractivity contribution in [3.63, 3.8) is 0 Å². The van der Waals surface area contributed by atoms with Gasteiger partial charge in [-0.3, -0.25) is 4.79 Å². The predicted octanol–water partition coefficient (Wildman–Crippen LogP) is 7.13. The Morgan fingerprint density at radius 1 is 1.20 bits per heavy atom. The number of hydrogen-bond acceptors (Lipinski definition) is 4. The summed E-state index contributed by atoms with van der Waals surface area (Å²) < 4.78 is 59.7. The van der Waals surface area contributed by atoms with E-state index >= 15 is 0 Å². The minimum Gasteiger partial charge on any atom is -0.489 e. The molecule has 1 aliphatic rings. The predicted molar refractivity (Wildman–Crippen MR) is 127 cm³/mol. The molecule has 3 aromatic rings. The van der Waals surface area contributed by atoms with Crippen LogP contribution in [0.3, 0.4) is 0 Å². The second-order valence-corrected chi connectivity index (χ2v) is 9.38. The van der Waals surface area contributed by atoms with Gasteiger partial charge in [-0.2, -0.15) is 13.2 Å². The molecule has 0 atom stereocenters. The van der Waals surface area contributed by atoms with Crippen LogP contribution in [-0.2, 0) is 17.4 Å². The van der Waals surface area contributed by atoms with E-state index in [9.17, 15) is 22.4 Å². The van der Waals surface area contributed by atoms with Crippen molar-refractivity contribution in [2.75, 3.05) is 6.61 Å². The molecule has 35 heavy (non-hydrogen) atoms. The molecule has 1 aromatic heterocycles. The van der Waals surface area contributed by atoms with E-state index < -0.39 is 23.5 Å². The molecular weight excluding hydrogens is 482 g/mol. The van der Waals surface area contributed by atoms with Gasteiger partial charge in [0, 0.05) is 6.42 Å². The lowest BCUT2D eigenvalue weighted by Gasteiger charge is -2.14. The number of hydrogen-bond donors (Lipinski definition) is 1. The van der Waals surface area contributed by atoms with E-state index in [0.29, 0.717) is 28.9 Å². The molecule has 0 radical (unpaired) electrons. The van der Waals surface area contributed by atoms with E-state index in [1.165, 1.54) is 17.4 Å². The third-order valence-electron chi connectivity index (χ3n) is 5.75. The molecule has 1 N–H and O–H groups in total. The largest absolute Gasteiger partial charge is 0.489 e. The van der Waals surface area contributed by atoms with Crippen LogP contribution in [0.5, 0.6) is 5.75 Å². The smallest absolute Gasteiger partial charge is 0.419 e. The molecule has 0 spiro atoms. The summed E-state index contributed by atoms with van der Waals surface area (Å²) in [5, 5.41) is 9.63. The van der Waals surface area contributed by atoms with E-state index in [1.54, 1.807) is 6.08 Å². The Hall–Kier alpha value is -3.46. The highest BCUT2D eigenvalue weighted by atomic mass is 32.1. The zero-order valence-corrected chi connectivity index (χ0v) is 19.7. The molecule has 0 fully saturated rings. The Bertz CT molecular complexity index is 1420. The Balaban J connectivity index is 1.49. The van der Waals surface area contributed by atoms with E-state index in [4.69, 9.17) is 9.84 Å². The average Bonchev–Trinajstić information content (AvgIpc) is 3.30. The van der Waals surface area contributed by atoms with Crippen LogP contribution in [0.15, 0.2) is 59.7 Å². The molecule has 2 aromatic carbocycles. The average molecular weight is 504 g/mol. The molecule has 4 rings (SSSR count). The first-order chi connectivity index (χ1) is 16.4. The number of thiazole rings is 1. The van der Waals surface area contributed by atoms with Crippen molar-refractivity contribution in [1.82, 2.24) is 4.98 Å². The number of allylic oxidation sites excluding steroid dienone is 3. The summed E-state index contributed by atoms with van der Waals surface area (Å²) in [4.78, 5) is 15.4. The van der Waals surface area contributed by atoms with Crippen LogP contribution < -0.4 is 4.74 Å². The number of carboxylic acid groups (broad SMARTS) is 1. The Morgan fingerprint density at radius 2 is 1.94 bits per heavy atom. The normalized spacial score (nSPS) is 14.1. The highest BCUT2D eigenvalue weighted by molar-refractivity contribution is 7.18. The molecule has 0 aliphatic heterocycles. The summed E-state index contributed by atoms with van der Waals surface area (Å²) in [6.07, 6.45) is -2.63. The molecule has 0 saturated heterocycles. The van der Waals surface area contributed by atoms with Crippen molar-refractivity contribution < 1.29 is 32.2 Å². The number of ether oxygens (including phenoxy) is 1. The van der Waals surface area contributed by atoms with E-state index in [1.807, 2.05) is 26.0 Å². The van der Waals surface area contributed by atoms with Crippen molar-refractivity contribution in [2.45, 2.75) is 32.9 Å². The highest BCUT2D eigenvalue weighted by Gasteiger charge is 2.34. The van der Waals surface area contributed by atoms with Crippen LogP contribution in [0.4, 0.5) is 17.6 Å². The van der Waals surface area contributed by atoms with Crippen molar-refractivity contribution in [3.8, 4) is 5.75 Å². The van der Waals surface area contributed by atoms with Crippen molar-refractivity contribution in [2.24, 2.45) is 0 Å². The maximum Gasteiger partial charge on any atom is 0.419 e. The van der Waals surface area contributed by atoms with Gasteiger partial charge in [-0.25, -0.2) is 9.37 Å². The third kappa shape index (κ3) is 5.14. The summed E-state index contributed by atoms with van der Waals surface area (Å²) >= 11 is 1.42. The van der Waals surface area contributed by atoms with Crippen LogP contribution in [-0.4, -0.2) is 22.7 Å². The number of fused-ring (bicyclic) bond motifs is 1. The number of alkyl halides is 3. The molecule has 4 nitrogen and oxygen atoms in total. The molecule has 0 unspecified atom stereocenters. The van der Waals surface area contributed by atoms with Gasteiger partial charge in [0.05, 0.1) is 27.2 Å². The number of rotatable bonds is 7. The minimum absolute atomic E-state index is 0.00986. The lowest BCUT2D eigenvalue weighted by atomic mass is 9.97. The molecule has 9 heteroatoms. The lowest BCUT2D eigenvalue weighted by Crippen LogP contribution is -2.08. The lowest BCUT2D eigenvalue weighted by molar-refractivity contribution is -0.140. The topological polar surface area (TPSA) is 59.4 Å². The fourth-order valence-electron chi connectivity index (χ4n) is 3.93. The quantitative estimate of drug-likeness (QED) is 0.349. The number of carboxylic acids is 1. The van der Waals surface area contributed by atoms with Gasteiger partial charge >= 0.3 is 12.1 Å². The molecule has 0 amide bonds. The van der Waals surface area contributed by atoms with Crippen LogP contribution in [0.1, 0.15) is 35.0 Å². The molecule has 0 saturated carbocycles. The fourth-order valence-corrected chi connectivity index (χ4v) is 5.01. The second kappa shape index (κ2) is 9.30. The van der Waals surface area contributed by atoms with Crippen molar-refractivity contribution in [3.05, 3.63) is 87.2 Å². The van der Waals surface area contributed by atoms with Gasteiger partial charge in [0.1, 0.15) is 18.2 Å². The summed E-state index contributed by atoms with van der Waals surface area (Å²) in [5.41, 5.74) is 3.41. The van der Waals surface area contributed by atoms with Gasteiger partial charge in [0.25, 0.3) is 0 Å². The first kappa shape index (κ1) is 24.7. The number of aryl methyl sites for hydroxylation is 2. The van der Waals surface area contributed by atoms with Crippen LogP contribution in [0, 0.1) is 12.7 Å². The zero-order valence-electron chi connectivity index (χ0n) is 18.9. The van der Waals surface area contributed by atoms with Crippen LogP contribution >= 0.6 is 11.3 Å². The molecular formula is C26H21F4NO3S. The van der Waals surface area contributed by atoms with E-state index in [2.05, 4.69) is 11.6 Å². The van der Waals surface area contributed by atoms with E-state index in [0.717, 1.165) is 44.1 Å². The number of aromatic nitrogens is 1. The van der Waals surface area contributed by atoms with Crippen LogP contribution in [0.2, 0.25) is 0 Å². The van der Waals surface area contributed by atoms with Crippen molar-refractivity contribution >= 4 is 33.1 Å². The van der Waals surface area contributed by atoms with Gasteiger partial charge in [-0.15, -0.1) is 11.3 Å². The highest BCUT2D eigenvalue weighted by Crippen LogP contribution is 2.39. The number of nitrogens with zero attached hydrogens (tertiary/aromatic N) is 1. The second-order valence-electron chi connectivity index (χ2n) is 8.27. The standard InChI is InChI=1S/C26H21F4NO3S/c1-13-9-18(16-4-5-20(21(27)10-16)26(28,29)30)15(3)19(13)12-34-17-8-14(2)25-22(11-17)35-23(31-25)6-7-24(32)33/h4-5,8-11H,3,6-7,12H2,1-2H3,(H,32,33). The maximum atomic E-state index is 14.1. The summed E-state index contributed by atoms with van der Waals surface area (Å²) in [7, 11) is 0. The maximum absolute atomic E-state index is 14.1. The SMILES string of the molecule is C=C1C(c2ccc(C(F)(F)F)c(F)c2)=CC(C)=C1COc1cc(C)c2nc(CCC(=O)O)sc2c1. The number of aliphatic carboxylic acids is 1. The number of carbonyl (C=O) groups is 1. The van der Waals surface area contributed by atoms with E-state index in [-0.39, 0.29) is 13.0 Å². The first-order valence-corrected chi connectivity index (χ1v) is 11.5. The summed E-state index contributed by atoms with van der Waals surface area (Å²) in [5.74, 6) is -1.61.